The number of benzene rings is 1. The highest BCUT2D eigenvalue weighted by molar-refractivity contribution is 7.90. The molecular formula is C11H9ClN2O2S. The lowest BCUT2D eigenvalue weighted by Gasteiger charge is -2.02. The summed E-state index contributed by atoms with van der Waals surface area (Å²) < 4.78 is 22.7. The maximum Gasteiger partial charge on any atom is 0.247 e. The number of sulfone groups is 1. The molecule has 0 aliphatic rings. The van der Waals surface area contributed by atoms with Crippen LogP contribution in [0.5, 0.6) is 0 Å². The summed E-state index contributed by atoms with van der Waals surface area (Å²) in [6.45, 7) is 0. The Labute approximate surface area is 104 Å². The zero-order valence-corrected chi connectivity index (χ0v) is 10.5. The molecule has 1 heterocycles. The highest BCUT2D eigenvalue weighted by Crippen LogP contribution is 2.21. The van der Waals surface area contributed by atoms with Gasteiger partial charge in [0.2, 0.25) is 15.0 Å². The summed E-state index contributed by atoms with van der Waals surface area (Å²) in [7, 11) is -3.40. The van der Waals surface area contributed by atoms with Crippen molar-refractivity contribution >= 4 is 21.4 Å². The Morgan fingerprint density at radius 3 is 2.65 bits per heavy atom. The molecule has 0 spiro atoms. The van der Waals surface area contributed by atoms with Crippen molar-refractivity contribution in [2.24, 2.45) is 0 Å². The van der Waals surface area contributed by atoms with E-state index in [1.807, 2.05) is 0 Å². The van der Waals surface area contributed by atoms with E-state index in [1.54, 1.807) is 30.3 Å². The lowest BCUT2D eigenvalue weighted by molar-refractivity contribution is 0.593. The molecular weight excluding hydrogens is 260 g/mol. The first kappa shape index (κ1) is 12.0. The van der Waals surface area contributed by atoms with Gasteiger partial charge in [0.1, 0.15) is 0 Å². The lowest BCUT2D eigenvalue weighted by atomic mass is 10.1. The number of halogens is 1. The van der Waals surface area contributed by atoms with E-state index < -0.39 is 9.84 Å². The van der Waals surface area contributed by atoms with E-state index in [4.69, 9.17) is 11.6 Å². The first-order valence-corrected chi connectivity index (χ1v) is 7.03. The summed E-state index contributed by atoms with van der Waals surface area (Å²) in [5, 5.41) is 0.386. The molecule has 0 saturated heterocycles. The van der Waals surface area contributed by atoms with Gasteiger partial charge >= 0.3 is 0 Å². The van der Waals surface area contributed by atoms with Crippen LogP contribution in [0, 0.1) is 0 Å². The SMILES string of the molecule is CS(=O)(=O)c1nccc(-c2cccc(Cl)c2)n1. The Balaban J connectivity index is 2.54. The van der Waals surface area contributed by atoms with Gasteiger partial charge in [-0.3, -0.25) is 0 Å². The second-order valence-electron chi connectivity index (χ2n) is 3.51. The molecule has 0 radical (unpaired) electrons. The third kappa shape index (κ3) is 2.81. The minimum atomic E-state index is -3.40. The summed E-state index contributed by atoms with van der Waals surface area (Å²) in [5.74, 6) is 0. The van der Waals surface area contributed by atoms with Crippen molar-refractivity contribution in [1.82, 2.24) is 9.97 Å². The fraction of sp³-hybridized carbons (Fsp3) is 0.0909. The molecule has 0 N–H and O–H groups in total. The molecule has 0 fully saturated rings. The average molecular weight is 269 g/mol. The van der Waals surface area contributed by atoms with Crippen LogP contribution in [0.1, 0.15) is 0 Å². The van der Waals surface area contributed by atoms with Crippen molar-refractivity contribution in [1.29, 1.82) is 0 Å². The molecule has 0 atom stereocenters. The van der Waals surface area contributed by atoms with Gasteiger partial charge in [-0.2, -0.15) is 0 Å². The van der Waals surface area contributed by atoms with Gasteiger partial charge in [0.15, 0.2) is 0 Å². The fourth-order valence-electron chi connectivity index (χ4n) is 1.33. The molecule has 2 rings (SSSR count). The van der Waals surface area contributed by atoms with Crippen LogP contribution in [0.15, 0.2) is 41.7 Å². The predicted molar refractivity (Wildman–Crippen MR) is 65.6 cm³/mol. The molecule has 0 bridgehead atoms. The molecule has 1 aromatic heterocycles. The molecule has 0 saturated carbocycles. The lowest BCUT2D eigenvalue weighted by Crippen LogP contribution is -2.04. The Bertz CT molecular complexity index is 656. The standard InChI is InChI=1S/C11H9ClN2O2S/c1-17(15,16)11-13-6-5-10(14-11)8-3-2-4-9(12)7-8/h2-7H,1H3. The summed E-state index contributed by atoms with van der Waals surface area (Å²) in [5.41, 5.74) is 1.28. The summed E-state index contributed by atoms with van der Waals surface area (Å²) in [6.07, 6.45) is 2.49. The first-order valence-electron chi connectivity index (χ1n) is 4.76. The van der Waals surface area contributed by atoms with Crippen LogP contribution in [0.3, 0.4) is 0 Å². The largest absolute Gasteiger partial charge is 0.247 e. The van der Waals surface area contributed by atoms with Gasteiger partial charge in [-0.1, -0.05) is 23.7 Å². The molecule has 0 unspecified atom stereocenters. The second-order valence-corrected chi connectivity index (χ2v) is 5.85. The summed E-state index contributed by atoms with van der Waals surface area (Å²) in [4.78, 5) is 7.72. The van der Waals surface area contributed by atoms with Crippen molar-refractivity contribution in [2.45, 2.75) is 5.16 Å². The third-order valence-electron chi connectivity index (χ3n) is 2.09. The maximum absolute atomic E-state index is 11.3. The van der Waals surface area contributed by atoms with Crippen molar-refractivity contribution in [3.8, 4) is 11.3 Å². The van der Waals surface area contributed by atoms with Crippen molar-refractivity contribution < 1.29 is 8.42 Å². The summed E-state index contributed by atoms with van der Waals surface area (Å²) in [6, 6.07) is 8.68. The van der Waals surface area contributed by atoms with Gasteiger partial charge in [-0.05, 0) is 18.2 Å². The quantitative estimate of drug-likeness (QED) is 0.784. The van der Waals surface area contributed by atoms with Crippen LogP contribution in [0.25, 0.3) is 11.3 Å². The van der Waals surface area contributed by atoms with E-state index in [0.717, 1.165) is 11.8 Å². The molecule has 88 valence electrons. The van der Waals surface area contributed by atoms with Crippen LogP contribution >= 0.6 is 11.6 Å². The topological polar surface area (TPSA) is 59.9 Å². The number of rotatable bonds is 2. The highest BCUT2D eigenvalue weighted by atomic mass is 35.5. The van der Waals surface area contributed by atoms with Gasteiger partial charge in [0, 0.05) is 23.0 Å². The maximum atomic E-state index is 11.3. The number of hydrogen-bond donors (Lipinski definition) is 0. The van der Waals surface area contributed by atoms with E-state index in [1.165, 1.54) is 6.20 Å². The van der Waals surface area contributed by atoms with E-state index in [-0.39, 0.29) is 5.16 Å². The van der Waals surface area contributed by atoms with E-state index >= 15 is 0 Å². The third-order valence-corrected chi connectivity index (χ3v) is 3.18. The average Bonchev–Trinajstić information content (AvgIpc) is 2.28. The van der Waals surface area contributed by atoms with Gasteiger partial charge in [0.25, 0.3) is 0 Å². The zero-order valence-electron chi connectivity index (χ0n) is 8.96. The molecule has 6 heteroatoms. The highest BCUT2D eigenvalue weighted by Gasteiger charge is 2.11. The number of nitrogens with zero attached hydrogens (tertiary/aromatic N) is 2. The van der Waals surface area contributed by atoms with E-state index in [2.05, 4.69) is 9.97 Å². The molecule has 0 aliphatic carbocycles. The van der Waals surface area contributed by atoms with Crippen molar-refractivity contribution in [2.75, 3.05) is 6.26 Å². The minimum Gasteiger partial charge on any atom is -0.227 e. The Kier molecular flexibility index (Phi) is 3.13. The molecule has 0 amide bonds. The normalized spacial score (nSPS) is 11.4. The zero-order chi connectivity index (χ0) is 12.5. The van der Waals surface area contributed by atoms with Crippen molar-refractivity contribution in [3.63, 3.8) is 0 Å². The van der Waals surface area contributed by atoms with Gasteiger partial charge in [-0.25, -0.2) is 18.4 Å². The van der Waals surface area contributed by atoms with Crippen LogP contribution in [-0.4, -0.2) is 24.6 Å². The molecule has 2 aromatic rings. The van der Waals surface area contributed by atoms with Gasteiger partial charge < -0.3 is 0 Å². The monoisotopic (exact) mass is 268 g/mol. The molecule has 4 nitrogen and oxygen atoms in total. The van der Waals surface area contributed by atoms with Gasteiger partial charge in [0.05, 0.1) is 5.69 Å². The second kappa shape index (κ2) is 4.43. The van der Waals surface area contributed by atoms with E-state index in [9.17, 15) is 8.42 Å². The first-order chi connectivity index (χ1) is 7.97. The Hall–Kier alpha value is -1.46. The minimum absolute atomic E-state index is 0.185. The number of aromatic nitrogens is 2. The predicted octanol–water partition coefficient (Wildman–Crippen LogP) is 2.20. The Morgan fingerprint density at radius 1 is 1.24 bits per heavy atom. The van der Waals surface area contributed by atoms with Crippen LogP contribution < -0.4 is 0 Å². The Morgan fingerprint density at radius 2 is 2.00 bits per heavy atom. The van der Waals surface area contributed by atoms with Crippen LogP contribution in [0.4, 0.5) is 0 Å². The van der Waals surface area contributed by atoms with Gasteiger partial charge in [-0.15, -0.1) is 0 Å². The summed E-state index contributed by atoms with van der Waals surface area (Å²) >= 11 is 5.86. The smallest absolute Gasteiger partial charge is 0.227 e. The van der Waals surface area contributed by atoms with Crippen molar-refractivity contribution in [3.05, 3.63) is 41.6 Å². The van der Waals surface area contributed by atoms with Crippen LogP contribution in [0.2, 0.25) is 5.02 Å². The molecule has 0 aliphatic heterocycles. The number of hydrogen-bond acceptors (Lipinski definition) is 4. The molecule has 17 heavy (non-hydrogen) atoms. The molecule has 1 aromatic carbocycles. The van der Waals surface area contributed by atoms with Crippen LogP contribution in [-0.2, 0) is 9.84 Å². The van der Waals surface area contributed by atoms with E-state index in [0.29, 0.717) is 10.7 Å². The fourth-order valence-corrected chi connectivity index (χ4v) is 2.03.